The summed E-state index contributed by atoms with van der Waals surface area (Å²) in [5.74, 6) is -2.48. The normalized spacial score (nSPS) is 15.5. The van der Waals surface area contributed by atoms with E-state index in [0.29, 0.717) is 16.8 Å². The standard InChI is InChI=1S/C24H17FN4O3/c25-20-6-2-1-5-19(20)23(31)28(15-17-4-3-11-27-14-17)21-12-22(30)29(24(21)32)18-9-7-16(13-26)8-10-18/h1-11,14,21H,12,15H2. The molecule has 8 heteroatoms. The van der Waals surface area contributed by atoms with Gasteiger partial charge >= 0.3 is 0 Å². The Morgan fingerprint density at radius 1 is 1.12 bits per heavy atom. The van der Waals surface area contributed by atoms with Crippen LogP contribution in [0.15, 0.2) is 73.1 Å². The molecule has 1 aliphatic rings. The number of amides is 3. The second kappa shape index (κ2) is 8.78. The summed E-state index contributed by atoms with van der Waals surface area (Å²) in [6.07, 6.45) is 2.88. The van der Waals surface area contributed by atoms with Crippen molar-refractivity contribution in [3.05, 3.63) is 95.6 Å². The van der Waals surface area contributed by atoms with Gasteiger partial charge in [-0.15, -0.1) is 0 Å². The van der Waals surface area contributed by atoms with E-state index in [1.165, 1.54) is 53.4 Å². The molecule has 1 fully saturated rings. The number of hydrogen-bond donors (Lipinski definition) is 0. The van der Waals surface area contributed by atoms with Crippen LogP contribution in [-0.2, 0) is 16.1 Å². The van der Waals surface area contributed by atoms with Crippen LogP contribution < -0.4 is 4.90 Å². The van der Waals surface area contributed by atoms with Crippen molar-refractivity contribution in [3.8, 4) is 6.07 Å². The number of aromatic nitrogens is 1. The summed E-state index contributed by atoms with van der Waals surface area (Å²) in [5.41, 5.74) is 1.14. The molecule has 0 radical (unpaired) electrons. The van der Waals surface area contributed by atoms with Crippen LogP contribution in [0, 0.1) is 17.1 Å². The van der Waals surface area contributed by atoms with Crippen molar-refractivity contribution in [1.29, 1.82) is 5.26 Å². The predicted molar refractivity (Wildman–Crippen MR) is 113 cm³/mol. The SMILES string of the molecule is N#Cc1ccc(N2C(=O)CC(N(Cc3cccnc3)C(=O)c3ccccc3F)C2=O)cc1. The van der Waals surface area contributed by atoms with Gasteiger partial charge in [0.15, 0.2) is 0 Å². The van der Waals surface area contributed by atoms with Crippen molar-refractivity contribution in [1.82, 2.24) is 9.88 Å². The van der Waals surface area contributed by atoms with Crippen LogP contribution >= 0.6 is 0 Å². The molecule has 0 N–H and O–H groups in total. The van der Waals surface area contributed by atoms with Crippen molar-refractivity contribution in [2.24, 2.45) is 0 Å². The van der Waals surface area contributed by atoms with E-state index >= 15 is 0 Å². The number of hydrogen-bond acceptors (Lipinski definition) is 5. The number of nitrogens with zero attached hydrogens (tertiary/aromatic N) is 4. The minimum atomic E-state index is -1.11. The molecule has 1 unspecified atom stereocenters. The zero-order valence-electron chi connectivity index (χ0n) is 16.8. The molecule has 158 valence electrons. The average molecular weight is 428 g/mol. The predicted octanol–water partition coefficient (Wildman–Crippen LogP) is 3.07. The molecule has 1 aromatic heterocycles. The van der Waals surface area contributed by atoms with Gasteiger partial charge < -0.3 is 4.90 Å². The van der Waals surface area contributed by atoms with Crippen molar-refractivity contribution in [2.75, 3.05) is 4.90 Å². The van der Waals surface area contributed by atoms with Gasteiger partial charge in [0.05, 0.1) is 29.3 Å². The van der Waals surface area contributed by atoms with E-state index in [1.54, 1.807) is 24.5 Å². The minimum Gasteiger partial charge on any atom is -0.322 e. The van der Waals surface area contributed by atoms with E-state index in [4.69, 9.17) is 5.26 Å². The lowest BCUT2D eigenvalue weighted by atomic mass is 10.1. The molecule has 1 saturated heterocycles. The number of nitriles is 1. The highest BCUT2D eigenvalue weighted by atomic mass is 19.1. The minimum absolute atomic E-state index is 0.0219. The van der Waals surface area contributed by atoms with Crippen molar-refractivity contribution < 1.29 is 18.8 Å². The first-order valence-electron chi connectivity index (χ1n) is 9.81. The number of anilines is 1. The second-order valence-corrected chi connectivity index (χ2v) is 7.22. The molecule has 3 amide bonds. The molecule has 0 aliphatic carbocycles. The molecular formula is C24H17FN4O3. The van der Waals surface area contributed by atoms with E-state index in [9.17, 15) is 18.8 Å². The lowest BCUT2D eigenvalue weighted by Crippen LogP contribution is -2.45. The number of imide groups is 1. The van der Waals surface area contributed by atoms with Crippen LogP contribution in [0.5, 0.6) is 0 Å². The van der Waals surface area contributed by atoms with Gasteiger partial charge in [0.1, 0.15) is 11.9 Å². The molecule has 32 heavy (non-hydrogen) atoms. The maximum absolute atomic E-state index is 14.4. The molecule has 2 aromatic carbocycles. The Morgan fingerprint density at radius 2 is 1.88 bits per heavy atom. The molecule has 0 saturated carbocycles. The Morgan fingerprint density at radius 3 is 2.53 bits per heavy atom. The number of carbonyl (C=O) groups is 3. The summed E-state index contributed by atoms with van der Waals surface area (Å²) in [4.78, 5) is 45.5. The number of halogens is 1. The second-order valence-electron chi connectivity index (χ2n) is 7.22. The third-order valence-corrected chi connectivity index (χ3v) is 5.19. The summed E-state index contributed by atoms with van der Waals surface area (Å²) in [6, 6.07) is 15.8. The van der Waals surface area contributed by atoms with Gasteiger partial charge in [0.25, 0.3) is 11.8 Å². The summed E-state index contributed by atoms with van der Waals surface area (Å²) in [6.45, 7) is -0.0219. The summed E-state index contributed by atoms with van der Waals surface area (Å²) < 4.78 is 14.4. The van der Waals surface area contributed by atoms with Gasteiger partial charge in [-0.25, -0.2) is 9.29 Å². The fraction of sp³-hybridized carbons (Fsp3) is 0.125. The Kier molecular flexibility index (Phi) is 5.73. The van der Waals surface area contributed by atoms with Crippen LogP contribution in [0.3, 0.4) is 0 Å². The molecule has 2 heterocycles. The summed E-state index contributed by atoms with van der Waals surface area (Å²) >= 11 is 0. The zero-order valence-corrected chi connectivity index (χ0v) is 16.8. The summed E-state index contributed by atoms with van der Waals surface area (Å²) in [5, 5.41) is 8.97. The Hall–Kier alpha value is -4.38. The third-order valence-electron chi connectivity index (χ3n) is 5.19. The van der Waals surface area contributed by atoms with E-state index in [0.717, 1.165) is 4.90 Å². The average Bonchev–Trinajstić information content (AvgIpc) is 3.11. The van der Waals surface area contributed by atoms with Crippen LogP contribution in [-0.4, -0.2) is 33.6 Å². The monoisotopic (exact) mass is 428 g/mol. The molecule has 1 atom stereocenters. The molecule has 1 aliphatic heterocycles. The van der Waals surface area contributed by atoms with Crippen molar-refractivity contribution in [3.63, 3.8) is 0 Å². The zero-order chi connectivity index (χ0) is 22.7. The molecule has 3 aromatic rings. The van der Waals surface area contributed by atoms with E-state index < -0.39 is 29.6 Å². The molecular weight excluding hydrogens is 411 g/mol. The maximum Gasteiger partial charge on any atom is 0.257 e. The largest absolute Gasteiger partial charge is 0.322 e. The summed E-state index contributed by atoms with van der Waals surface area (Å²) in [7, 11) is 0. The molecule has 0 bridgehead atoms. The Bertz CT molecular complexity index is 1220. The molecule has 4 rings (SSSR count). The van der Waals surface area contributed by atoms with Crippen LogP contribution in [0.2, 0.25) is 0 Å². The van der Waals surface area contributed by atoms with E-state index in [2.05, 4.69) is 4.98 Å². The first-order chi connectivity index (χ1) is 15.5. The highest BCUT2D eigenvalue weighted by molar-refractivity contribution is 6.23. The number of rotatable bonds is 5. The van der Waals surface area contributed by atoms with E-state index in [1.807, 2.05) is 6.07 Å². The quantitative estimate of drug-likeness (QED) is 0.582. The van der Waals surface area contributed by atoms with E-state index in [-0.39, 0.29) is 18.5 Å². The first kappa shape index (κ1) is 20.9. The number of pyridine rings is 1. The van der Waals surface area contributed by atoms with Gasteiger partial charge in [-0.3, -0.25) is 19.4 Å². The Labute approximate surface area is 183 Å². The topological polar surface area (TPSA) is 94.4 Å². The maximum atomic E-state index is 14.4. The number of carbonyl (C=O) groups excluding carboxylic acids is 3. The van der Waals surface area contributed by atoms with Crippen LogP contribution in [0.25, 0.3) is 0 Å². The lowest BCUT2D eigenvalue weighted by molar-refractivity contribution is -0.122. The smallest absolute Gasteiger partial charge is 0.257 e. The van der Waals surface area contributed by atoms with Crippen LogP contribution in [0.4, 0.5) is 10.1 Å². The Balaban J connectivity index is 1.69. The van der Waals surface area contributed by atoms with Gasteiger partial charge in [0.2, 0.25) is 5.91 Å². The molecule has 0 spiro atoms. The highest BCUT2D eigenvalue weighted by Gasteiger charge is 2.44. The third kappa shape index (κ3) is 3.96. The lowest BCUT2D eigenvalue weighted by Gasteiger charge is -2.28. The van der Waals surface area contributed by atoms with Crippen molar-refractivity contribution in [2.45, 2.75) is 19.0 Å². The van der Waals surface area contributed by atoms with Gasteiger partial charge in [-0.1, -0.05) is 18.2 Å². The van der Waals surface area contributed by atoms with Crippen molar-refractivity contribution >= 4 is 23.4 Å². The van der Waals surface area contributed by atoms with Gasteiger partial charge in [0, 0.05) is 18.9 Å². The highest BCUT2D eigenvalue weighted by Crippen LogP contribution is 2.28. The fourth-order valence-electron chi connectivity index (χ4n) is 3.62. The molecule has 7 nitrogen and oxygen atoms in total. The van der Waals surface area contributed by atoms with Crippen LogP contribution in [0.1, 0.15) is 27.9 Å². The fourth-order valence-corrected chi connectivity index (χ4v) is 3.62. The first-order valence-corrected chi connectivity index (χ1v) is 9.81. The van der Waals surface area contributed by atoms with Gasteiger partial charge in [-0.05, 0) is 48.0 Å². The number of benzene rings is 2. The van der Waals surface area contributed by atoms with Gasteiger partial charge in [-0.2, -0.15) is 5.26 Å².